The molecule has 5 nitrogen and oxygen atoms in total. The lowest BCUT2D eigenvalue weighted by Crippen LogP contribution is -2.64. The normalized spacial score (nSPS) is 25.3. The van der Waals surface area contributed by atoms with Gasteiger partial charge in [0.05, 0.1) is 0 Å². The van der Waals surface area contributed by atoms with E-state index in [1.807, 2.05) is 0 Å². The topological polar surface area (TPSA) is 64.7 Å². The second-order valence-electron chi connectivity index (χ2n) is 4.81. The van der Waals surface area contributed by atoms with Gasteiger partial charge in [-0.3, -0.25) is 0 Å². The molecule has 6 heteroatoms. The molecule has 1 unspecified atom stereocenters. The van der Waals surface area contributed by atoms with Crippen LogP contribution in [-0.4, -0.2) is 41.1 Å². The van der Waals surface area contributed by atoms with Gasteiger partial charge in [-0.2, -0.15) is 0 Å². The molecule has 0 saturated carbocycles. The molecule has 1 heterocycles. The smallest absolute Gasteiger partial charge is 0.370 e. The summed E-state index contributed by atoms with van der Waals surface area (Å²) in [5.41, 5.74) is 0. The molecule has 1 radical (unpaired) electrons. The third-order valence-corrected chi connectivity index (χ3v) is 8.16. The average Bonchev–Trinajstić information content (AvgIpc) is 2.39. The lowest BCUT2D eigenvalue weighted by Gasteiger charge is -2.47. The van der Waals surface area contributed by atoms with Gasteiger partial charge < -0.3 is 13.6 Å². The Morgan fingerprint density at radius 3 is 2.11 bits per heavy atom. The van der Waals surface area contributed by atoms with Crippen LogP contribution in [0.2, 0.25) is 6.04 Å². The molecule has 0 aliphatic carbocycles. The first-order valence-corrected chi connectivity index (χ1v) is 8.79. The molecular weight excluding hydrogens is 264 g/mol. The summed E-state index contributed by atoms with van der Waals surface area (Å²) in [4.78, 5) is 8.89. The quantitative estimate of drug-likeness (QED) is 0.730. The van der Waals surface area contributed by atoms with E-state index in [2.05, 4.69) is 6.92 Å². The van der Waals surface area contributed by atoms with Gasteiger partial charge in [-0.25, -0.2) is 9.90 Å². The summed E-state index contributed by atoms with van der Waals surface area (Å²) in [5.74, 6) is -1.08. The van der Waals surface area contributed by atoms with Gasteiger partial charge in [-0.1, -0.05) is 26.2 Å². The number of ether oxygens (including phenoxy) is 1. The molecule has 1 aliphatic rings. The second kappa shape index (κ2) is 8.68. The van der Waals surface area contributed by atoms with Gasteiger partial charge in [-0.15, -0.1) is 0 Å². The van der Waals surface area contributed by atoms with Crippen LogP contribution in [0.4, 0.5) is 0 Å². The van der Waals surface area contributed by atoms with Crippen molar-refractivity contribution >= 4 is 14.5 Å². The molecule has 0 aromatic heterocycles. The molecule has 0 spiro atoms. The minimum atomic E-state index is -2.15. The van der Waals surface area contributed by atoms with Crippen LogP contribution < -0.4 is 0 Å². The van der Waals surface area contributed by atoms with E-state index in [4.69, 9.17) is 23.5 Å². The van der Waals surface area contributed by atoms with Crippen molar-refractivity contribution in [3.8, 4) is 0 Å². The first-order valence-electron chi connectivity index (χ1n) is 6.76. The van der Waals surface area contributed by atoms with Gasteiger partial charge in [-0.05, 0) is 18.9 Å². The second-order valence-corrected chi connectivity index (χ2v) is 8.54. The van der Waals surface area contributed by atoms with Crippen molar-refractivity contribution in [2.24, 2.45) is 0 Å². The molecule has 0 aromatic rings. The molecule has 1 aliphatic heterocycles. The summed E-state index contributed by atoms with van der Waals surface area (Å²) in [6, 6.07) is 1.06. The van der Waals surface area contributed by atoms with Crippen molar-refractivity contribution in [2.45, 2.75) is 57.2 Å². The fraction of sp³-hybridized carbons (Fsp3) is 0.923. The van der Waals surface area contributed by atoms with Crippen LogP contribution in [0.25, 0.3) is 0 Å². The summed E-state index contributed by atoms with van der Waals surface area (Å²) in [5, 5.41) is 8.77. The highest BCUT2D eigenvalue weighted by Crippen LogP contribution is 2.42. The van der Waals surface area contributed by atoms with Gasteiger partial charge in [0, 0.05) is 28.3 Å². The van der Waals surface area contributed by atoms with E-state index in [1.54, 1.807) is 21.3 Å². The molecule has 0 N–H and O–H groups in total. The fourth-order valence-electron chi connectivity index (χ4n) is 2.92. The summed E-state index contributed by atoms with van der Waals surface area (Å²) in [7, 11) is 3.22. The zero-order chi connectivity index (χ0) is 14.9. The van der Waals surface area contributed by atoms with Crippen LogP contribution in [0, 0.1) is 0 Å². The first kappa shape index (κ1) is 18.6. The van der Waals surface area contributed by atoms with E-state index in [9.17, 15) is 0 Å². The number of hydrogen-bond donors (Lipinski definition) is 0. The van der Waals surface area contributed by atoms with Crippen molar-refractivity contribution in [2.75, 3.05) is 21.3 Å². The highest BCUT2D eigenvalue weighted by molar-refractivity contribution is 6.70. The van der Waals surface area contributed by atoms with Crippen LogP contribution in [0.15, 0.2) is 0 Å². The molecular formula is C13H27O5Si. The SMILES string of the molecule is CC([O])=O.CCCC1(OC)CCCC[Si]1(OC)OC. The van der Waals surface area contributed by atoms with Crippen molar-refractivity contribution in [3.63, 3.8) is 0 Å². The van der Waals surface area contributed by atoms with Crippen LogP contribution in [0.5, 0.6) is 0 Å². The molecule has 1 rings (SSSR count). The van der Waals surface area contributed by atoms with Crippen LogP contribution in [-0.2, 0) is 23.5 Å². The van der Waals surface area contributed by atoms with Crippen molar-refractivity contribution in [3.05, 3.63) is 0 Å². The maximum atomic E-state index is 8.89. The molecule has 19 heavy (non-hydrogen) atoms. The maximum absolute atomic E-state index is 8.89. The Balaban J connectivity index is 0.000000711. The zero-order valence-electron chi connectivity index (χ0n) is 12.8. The Morgan fingerprint density at radius 1 is 1.21 bits per heavy atom. The van der Waals surface area contributed by atoms with Crippen molar-refractivity contribution in [1.29, 1.82) is 0 Å². The van der Waals surface area contributed by atoms with E-state index < -0.39 is 14.5 Å². The molecule has 113 valence electrons. The summed E-state index contributed by atoms with van der Waals surface area (Å²) < 4.78 is 17.4. The molecule has 1 fully saturated rings. The monoisotopic (exact) mass is 291 g/mol. The third kappa shape index (κ3) is 4.56. The molecule has 0 bridgehead atoms. The van der Waals surface area contributed by atoms with Crippen LogP contribution in [0.3, 0.4) is 0 Å². The van der Waals surface area contributed by atoms with E-state index in [0.29, 0.717) is 0 Å². The third-order valence-electron chi connectivity index (χ3n) is 3.73. The summed E-state index contributed by atoms with van der Waals surface area (Å²) in [6.07, 6.45) is 5.70. The minimum absolute atomic E-state index is 0.122. The van der Waals surface area contributed by atoms with Gasteiger partial charge in [0.15, 0.2) is 0 Å². The Kier molecular flexibility index (Phi) is 8.48. The fourth-order valence-corrected chi connectivity index (χ4v) is 6.91. The number of hydrogen-bond acceptors (Lipinski definition) is 4. The predicted molar refractivity (Wildman–Crippen MR) is 74.4 cm³/mol. The van der Waals surface area contributed by atoms with Crippen LogP contribution in [0.1, 0.15) is 46.0 Å². The van der Waals surface area contributed by atoms with Gasteiger partial charge in [0.1, 0.15) is 5.22 Å². The highest BCUT2D eigenvalue weighted by atomic mass is 28.4. The molecule has 1 saturated heterocycles. The van der Waals surface area contributed by atoms with E-state index in [-0.39, 0.29) is 5.22 Å². The molecule has 0 aromatic carbocycles. The van der Waals surface area contributed by atoms with Crippen molar-refractivity contribution in [1.82, 2.24) is 0 Å². The summed E-state index contributed by atoms with van der Waals surface area (Å²) in [6.45, 7) is 3.17. The first-order chi connectivity index (χ1) is 8.93. The van der Waals surface area contributed by atoms with E-state index in [0.717, 1.165) is 32.2 Å². The Bertz CT molecular complexity index is 260. The minimum Gasteiger partial charge on any atom is -0.396 e. The Morgan fingerprint density at radius 2 is 1.74 bits per heavy atom. The van der Waals surface area contributed by atoms with Crippen molar-refractivity contribution < 1.29 is 23.5 Å². The lowest BCUT2D eigenvalue weighted by molar-refractivity contribution is -0.140. The number of methoxy groups -OCH3 is 1. The average molecular weight is 291 g/mol. The number of carbonyl (C=O) groups excluding carboxylic acids is 1. The molecule has 1 atom stereocenters. The predicted octanol–water partition coefficient (Wildman–Crippen LogP) is 2.59. The van der Waals surface area contributed by atoms with Gasteiger partial charge >= 0.3 is 14.5 Å². The van der Waals surface area contributed by atoms with Crippen LogP contribution >= 0.6 is 0 Å². The largest absolute Gasteiger partial charge is 0.396 e. The van der Waals surface area contributed by atoms with Gasteiger partial charge in [0.25, 0.3) is 0 Å². The van der Waals surface area contributed by atoms with E-state index >= 15 is 0 Å². The van der Waals surface area contributed by atoms with Gasteiger partial charge in [0.2, 0.25) is 0 Å². The highest BCUT2D eigenvalue weighted by Gasteiger charge is 2.58. The number of rotatable bonds is 5. The Hall–Kier alpha value is -0.433. The maximum Gasteiger partial charge on any atom is 0.370 e. The number of carbonyl (C=O) groups is 1. The lowest BCUT2D eigenvalue weighted by atomic mass is 10.1. The zero-order valence-corrected chi connectivity index (χ0v) is 13.8. The van der Waals surface area contributed by atoms with E-state index in [1.165, 1.54) is 12.8 Å². The standard InChI is InChI=1S/C11H24O3Si.C2H3O2/c1-5-8-11(12-2)9-6-7-10-15(11,13-3)14-4;1-2(3)4/h5-10H2,1-4H3;1H3. The Labute approximate surface area is 117 Å². The molecule has 0 amide bonds. The summed E-state index contributed by atoms with van der Waals surface area (Å²) >= 11 is 0.